The van der Waals surface area contributed by atoms with Gasteiger partial charge in [-0.25, -0.2) is 0 Å². The number of fused-ring (bicyclic) bond motifs is 1. The second-order valence-corrected chi connectivity index (χ2v) is 6.21. The molecule has 0 saturated heterocycles. The van der Waals surface area contributed by atoms with Gasteiger partial charge in [-0.2, -0.15) is 0 Å². The molecule has 1 N–H and O–H groups in total. The lowest BCUT2D eigenvalue weighted by molar-refractivity contribution is 0.340. The Bertz CT molecular complexity index is 584. The lowest BCUT2D eigenvalue weighted by atomic mass is 9.99. The molecule has 1 aromatic carbocycles. The predicted octanol–water partition coefficient (Wildman–Crippen LogP) is 4.70. The van der Waals surface area contributed by atoms with E-state index in [0.29, 0.717) is 18.4 Å². The highest BCUT2D eigenvalue weighted by Gasteiger charge is 2.17. The normalized spacial score (nSPS) is 11.8. The summed E-state index contributed by atoms with van der Waals surface area (Å²) in [7, 11) is 0. The fourth-order valence-corrected chi connectivity index (χ4v) is 2.64. The molecule has 0 aliphatic rings. The summed E-state index contributed by atoms with van der Waals surface area (Å²) in [5, 5.41) is 4.65. The van der Waals surface area contributed by atoms with Gasteiger partial charge in [-0.05, 0) is 43.5 Å². The van der Waals surface area contributed by atoms with Crippen LogP contribution in [0.15, 0.2) is 22.6 Å². The summed E-state index contributed by atoms with van der Waals surface area (Å²) in [4.78, 5) is 0. The summed E-state index contributed by atoms with van der Waals surface area (Å²) in [6.07, 6.45) is 0. The molecule has 2 rings (SSSR count). The summed E-state index contributed by atoms with van der Waals surface area (Å²) < 4.78 is 11.7. The number of ether oxygens (including phenoxy) is 1. The highest BCUT2D eigenvalue weighted by atomic mass is 16.5. The Kier molecular flexibility index (Phi) is 5.29. The molecule has 1 aromatic heterocycles. The zero-order chi connectivity index (χ0) is 15.4. The van der Waals surface area contributed by atoms with E-state index in [-0.39, 0.29) is 0 Å². The van der Waals surface area contributed by atoms with Crippen LogP contribution in [0.2, 0.25) is 0 Å². The number of rotatable bonds is 7. The summed E-state index contributed by atoms with van der Waals surface area (Å²) in [6, 6.07) is 6.09. The van der Waals surface area contributed by atoms with Crippen molar-refractivity contribution < 1.29 is 9.15 Å². The predicted molar refractivity (Wildman–Crippen MR) is 88.0 cm³/mol. The molecule has 0 fully saturated rings. The van der Waals surface area contributed by atoms with Crippen LogP contribution in [0.4, 0.5) is 0 Å². The van der Waals surface area contributed by atoms with Crippen LogP contribution < -0.4 is 10.1 Å². The van der Waals surface area contributed by atoms with Gasteiger partial charge in [0.05, 0.1) is 13.2 Å². The van der Waals surface area contributed by atoms with Crippen molar-refractivity contribution in [3.8, 4) is 5.75 Å². The molecule has 21 heavy (non-hydrogen) atoms. The lowest BCUT2D eigenvalue weighted by Crippen LogP contribution is -2.19. The minimum Gasteiger partial charge on any atom is -0.494 e. The second kappa shape index (κ2) is 6.99. The molecule has 0 bridgehead atoms. The molecule has 0 aliphatic carbocycles. The third-order valence-electron chi connectivity index (χ3n) is 3.50. The molecule has 0 spiro atoms. The van der Waals surface area contributed by atoms with Crippen molar-refractivity contribution in [1.29, 1.82) is 0 Å². The third-order valence-corrected chi connectivity index (χ3v) is 3.50. The number of nitrogens with one attached hydrogen (secondary N) is 1. The van der Waals surface area contributed by atoms with E-state index in [0.717, 1.165) is 30.2 Å². The Balaban J connectivity index is 2.33. The maximum absolute atomic E-state index is 6.06. The summed E-state index contributed by atoms with van der Waals surface area (Å²) in [6.45, 7) is 13.3. The lowest BCUT2D eigenvalue weighted by Gasteiger charge is -2.09. The molecule has 0 aliphatic heterocycles. The number of benzene rings is 1. The molecule has 0 amide bonds. The SMILES string of the molecule is CCOc1ccc2oc(CNCC(C)C)c(C(C)C)c2c1. The number of hydrogen-bond acceptors (Lipinski definition) is 3. The van der Waals surface area contributed by atoms with Crippen LogP contribution in [-0.4, -0.2) is 13.2 Å². The van der Waals surface area contributed by atoms with Gasteiger partial charge >= 0.3 is 0 Å². The molecule has 0 saturated carbocycles. The van der Waals surface area contributed by atoms with Crippen LogP contribution in [0.3, 0.4) is 0 Å². The number of furan rings is 1. The van der Waals surface area contributed by atoms with Crippen LogP contribution in [0.5, 0.6) is 5.75 Å². The molecule has 3 nitrogen and oxygen atoms in total. The molecule has 3 heteroatoms. The topological polar surface area (TPSA) is 34.4 Å². The van der Waals surface area contributed by atoms with E-state index >= 15 is 0 Å². The highest BCUT2D eigenvalue weighted by Crippen LogP contribution is 2.34. The zero-order valence-electron chi connectivity index (χ0n) is 13.8. The summed E-state index contributed by atoms with van der Waals surface area (Å²) in [5.74, 6) is 3.03. The van der Waals surface area contributed by atoms with E-state index in [4.69, 9.17) is 9.15 Å². The van der Waals surface area contributed by atoms with Gasteiger partial charge in [-0.15, -0.1) is 0 Å². The third kappa shape index (κ3) is 3.79. The van der Waals surface area contributed by atoms with E-state index in [1.165, 1.54) is 10.9 Å². The molecule has 1 heterocycles. The van der Waals surface area contributed by atoms with Crippen molar-refractivity contribution in [2.75, 3.05) is 13.2 Å². The summed E-state index contributed by atoms with van der Waals surface area (Å²) in [5.41, 5.74) is 2.24. The van der Waals surface area contributed by atoms with Gasteiger partial charge in [0.15, 0.2) is 0 Å². The second-order valence-electron chi connectivity index (χ2n) is 6.21. The van der Waals surface area contributed by atoms with Crippen LogP contribution in [0.1, 0.15) is 51.9 Å². The number of hydrogen-bond donors (Lipinski definition) is 1. The van der Waals surface area contributed by atoms with Crippen molar-refractivity contribution in [2.45, 2.75) is 47.1 Å². The minimum atomic E-state index is 0.430. The van der Waals surface area contributed by atoms with Crippen LogP contribution >= 0.6 is 0 Å². The molecular formula is C18H27NO2. The average Bonchev–Trinajstić information content (AvgIpc) is 2.76. The van der Waals surface area contributed by atoms with Gasteiger partial charge in [-0.3, -0.25) is 0 Å². The maximum atomic E-state index is 6.06. The first-order valence-corrected chi connectivity index (χ1v) is 7.91. The van der Waals surface area contributed by atoms with Crippen LogP contribution in [0, 0.1) is 5.92 Å². The highest BCUT2D eigenvalue weighted by molar-refractivity contribution is 5.84. The van der Waals surface area contributed by atoms with Gasteiger partial charge in [0, 0.05) is 10.9 Å². The van der Waals surface area contributed by atoms with Crippen molar-refractivity contribution in [3.05, 3.63) is 29.5 Å². The Hall–Kier alpha value is -1.48. The van der Waals surface area contributed by atoms with E-state index in [9.17, 15) is 0 Å². The molecule has 0 radical (unpaired) electrons. The van der Waals surface area contributed by atoms with Gasteiger partial charge in [0.1, 0.15) is 17.1 Å². The Morgan fingerprint density at radius 2 is 1.95 bits per heavy atom. The van der Waals surface area contributed by atoms with E-state index < -0.39 is 0 Å². The van der Waals surface area contributed by atoms with Crippen LogP contribution in [-0.2, 0) is 6.54 Å². The van der Waals surface area contributed by atoms with Crippen molar-refractivity contribution in [1.82, 2.24) is 5.32 Å². The first kappa shape index (κ1) is 15.9. The Morgan fingerprint density at radius 3 is 2.57 bits per heavy atom. The smallest absolute Gasteiger partial charge is 0.134 e. The zero-order valence-corrected chi connectivity index (χ0v) is 13.8. The standard InChI is InChI=1S/C18H27NO2/c1-6-20-14-7-8-16-15(9-14)18(13(4)5)17(21-16)11-19-10-12(2)3/h7-9,12-13,19H,6,10-11H2,1-5H3. The fourth-order valence-electron chi connectivity index (χ4n) is 2.64. The van der Waals surface area contributed by atoms with Crippen molar-refractivity contribution in [2.24, 2.45) is 5.92 Å². The largest absolute Gasteiger partial charge is 0.494 e. The van der Waals surface area contributed by atoms with Crippen molar-refractivity contribution in [3.63, 3.8) is 0 Å². The van der Waals surface area contributed by atoms with Crippen LogP contribution in [0.25, 0.3) is 11.0 Å². The van der Waals surface area contributed by atoms with E-state index in [1.54, 1.807) is 0 Å². The monoisotopic (exact) mass is 289 g/mol. The van der Waals surface area contributed by atoms with Gasteiger partial charge in [-0.1, -0.05) is 27.7 Å². The molecule has 0 atom stereocenters. The van der Waals surface area contributed by atoms with E-state index in [1.807, 2.05) is 19.1 Å². The first-order valence-electron chi connectivity index (χ1n) is 7.91. The maximum Gasteiger partial charge on any atom is 0.134 e. The molecule has 116 valence electrons. The fraction of sp³-hybridized carbons (Fsp3) is 0.556. The molecular weight excluding hydrogens is 262 g/mol. The quantitative estimate of drug-likeness (QED) is 0.802. The molecule has 2 aromatic rings. The molecule has 0 unspecified atom stereocenters. The van der Waals surface area contributed by atoms with Crippen molar-refractivity contribution >= 4 is 11.0 Å². The average molecular weight is 289 g/mol. The van der Waals surface area contributed by atoms with Gasteiger partial charge in [0.2, 0.25) is 0 Å². The van der Waals surface area contributed by atoms with Gasteiger partial charge in [0.25, 0.3) is 0 Å². The summed E-state index contributed by atoms with van der Waals surface area (Å²) >= 11 is 0. The van der Waals surface area contributed by atoms with Gasteiger partial charge < -0.3 is 14.5 Å². The Morgan fingerprint density at radius 1 is 1.19 bits per heavy atom. The Labute approximate surface area is 127 Å². The first-order chi connectivity index (χ1) is 10.0. The minimum absolute atomic E-state index is 0.430. The van der Waals surface area contributed by atoms with E-state index in [2.05, 4.69) is 39.1 Å².